The van der Waals surface area contributed by atoms with E-state index in [2.05, 4.69) is 41.4 Å². The fraction of sp³-hybridized carbons (Fsp3) is 0.333. The number of nitrogens with one attached hydrogen (secondary N) is 1. The second-order valence-corrected chi connectivity index (χ2v) is 4.56. The van der Waals surface area contributed by atoms with E-state index < -0.39 is 0 Å². The van der Waals surface area contributed by atoms with Crippen LogP contribution >= 0.6 is 0 Å². The third kappa shape index (κ3) is 3.02. The third-order valence-corrected chi connectivity index (χ3v) is 3.04. The number of esters is 1. The predicted octanol–water partition coefficient (Wildman–Crippen LogP) is 2.79. The van der Waals surface area contributed by atoms with E-state index >= 15 is 0 Å². The number of hydrogen-bond donors (Lipinski definition) is 1. The fourth-order valence-corrected chi connectivity index (χ4v) is 1.95. The molecule has 0 aliphatic carbocycles. The molecule has 0 saturated heterocycles. The summed E-state index contributed by atoms with van der Waals surface area (Å²) in [5.74, 6) is -0.367. The minimum atomic E-state index is -0.367. The van der Waals surface area contributed by atoms with Gasteiger partial charge in [-0.05, 0) is 26.3 Å². The highest BCUT2D eigenvalue weighted by molar-refractivity contribution is 5.89. The Morgan fingerprint density at radius 1 is 1.26 bits per heavy atom. The minimum Gasteiger partial charge on any atom is -0.461 e. The lowest BCUT2D eigenvalue weighted by atomic mass is 10.0. The molecule has 0 bridgehead atoms. The maximum atomic E-state index is 11.8. The molecule has 0 aliphatic heterocycles. The van der Waals surface area contributed by atoms with Crippen molar-refractivity contribution in [1.82, 2.24) is 10.2 Å². The lowest BCUT2D eigenvalue weighted by molar-refractivity contribution is 0.0518. The van der Waals surface area contributed by atoms with Gasteiger partial charge in [-0.2, -0.15) is 5.10 Å². The summed E-state index contributed by atoms with van der Waals surface area (Å²) in [4.78, 5) is 11.8. The van der Waals surface area contributed by atoms with Gasteiger partial charge in [-0.15, -0.1) is 0 Å². The second-order valence-electron chi connectivity index (χ2n) is 4.56. The summed E-state index contributed by atoms with van der Waals surface area (Å²) in [6.07, 6.45) is 0.677. The molecule has 0 radical (unpaired) electrons. The van der Waals surface area contributed by atoms with E-state index in [9.17, 15) is 4.79 Å². The number of H-pyrrole nitrogens is 1. The number of aromatic amines is 1. The Kier molecular flexibility index (Phi) is 4.00. The van der Waals surface area contributed by atoms with Crippen LogP contribution in [0.4, 0.5) is 0 Å². The molecule has 1 heterocycles. The number of carbonyl (C=O) groups excluding carboxylic acids is 1. The Balaban J connectivity index is 2.26. The van der Waals surface area contributed by atoms with Crippen LogP contribution in [0.25, 0.3) is 0 Å². The molecule has 0 unspecified atom stereocenters. The third-order valence-electron chi connectivity index (χ3n) is 3.04. The first kappa shape index (κ1) is 13.3. The van der Waals surface area contributed by atoms with Gasteiger partial charge in [0.1, 0.15) is 0 Å². The molecule has 19 heavy (non-hydrogen) atoms. The normalized spacial score (nSPS) is 10.5. The van der Waals surface area contributed by atoms with Gasteiger partial charge in [0.25, 0.3) is 0 Å². The van der Waals surface area contributed by atoms with Crippen LogP contribution in [-0.4, -0.2) is 22.8 Å². The highest BCUT2D eigenvalue weighted by Crippen LogP contribution is 2.17. The zero-order chi connectivity index (χ0) is 13.8. The number of nitrogens with zero attached hydrogens (tertiary/aromatic N) is 1. The van der Waals surface area contributed by atoms with E-state index in [0.717, 1.165) is 16.8 Å². The van der Waals surface area contributed by atoms with E-state index in [0.29, 0.717) is 18.7 Å². The average molecular weight is 258 g/mol. The van der Waals surface area contributed by atoms with Crippen LogP contribution < -0.4 is 0 Å². The molecule has 0 spiro atoms. The maximum Gasteiger partial charge on any atom is 0.359 e. The van der Waals surface area contributed by atoms with Gasteiger partial charge >= 0.3 is 5.97 Å². The predicted molar refractivity (Wildman–Crippen MR) is 73.3 cm³/mol. The lowest BCUT2D eigenvalue weighted by Gasteiger charge is -2.04. The van der Waals surface area contributed by atoms with Crippen LogP contribution in [0.3, 0.4) is 0 Å². The zero-order valence-corrected chi connectivity index (χ0v) is 11.5. The van der Waals surface area contributed by atoms with Gasteiger partial charge in [-0.1, -0.05) is 29.8 Å². The number of benzene rings is 1. The van der Waals surface area contributed by atoms with Crippen molar-refractivity contribution in [3.05, 3.63) is 52.3 Å². The number of rotatable bonds is 4. The van der Waals surface area contributed by atoms with Crippen molar-refractivity contribution in [2.75, 3.05) is 6.61 Å². The number of aryl methyl sites for hydroxylation is 2. The molecule has 4 nitrogen and oxygen atoms in total. The van der Waals surface area contributed by atoms with Crippen molar-refractivity contribution in [2.24, 2.45) is 0 Å². The number of hydrogen-bond acceptors (Lipinski definition) is 3. The van der Waals surface area contributed by atoms with E-state index in [1.165, 1.54) is 5.56 Å². The highest BCUT2D eigenvalue weighted by Gasteiger charge is 2.18. The molecule has 2 rings (SSSR count). The van der Waals surface area contributed by atoms with Gasteiger partial charge in [0.2, 0.25) is 0 Å². The summed E-state index contributed by atoms with van der Waals surface area (Å²) < 4.78 is 5.02. The number of aromatic nitrogens is 2. The van der Waals surface area contributed by atoms with Crippen LogP contribution in [0.5, 0.6) is 0 Å². The molecular weight excluding hydrogens is 240 g/mol. The molecule has 0 saturated carbocycles. The van der Waals surface area contributed by atoms with Gasteiger partial charge < -0.3 is 4.74 Å². The van der Waals surface area contributed by atoms with Crippen LogP contribution in [-0.2, 0) is 11.2 Å². The molecule has 4 heteroatoms. The van der Waals surface area contributed by atoms with Crippen molar-refractivity contribution >= 4 is 5.97 Å². The van der Waals surface area contributed by atoms with Gasteiger partial charge in [0.15, 0.2) is 5.69 Å². The van der Waals surface area contributed by atoms with Crippen molar-refractivity contribution < 1.29 is 9.53 Å². The summed E-state index contributed by atoms with van der Waals surface area (Å²) in [5, 5.41) is 6.91. The summed E-state index contributed by atoms with van der Waals surface area (Å²) >= 11 is 0. The summed E-state index contributed by atoms with van der Waals surface area (Å²) in [5.41, 5.74) is 4.57. The van der Waals surface area contributed by atoms with Crippen molar-refractivity contribution in [3.63, 3.8) is 0 Å². The molecule has 1 aromatic carbocycles. The number of carbonyl (C=O) groups is 1. The topological polar surface area (TPSA) is 55.0 Å². The smallest absolute Gasteiger partial charge is 0.359 e. The molecule has 0 fully saturated rings. The molecule has 1 N–H and O–H groups in total. The standard InChI is InChI=1S/C15H18N2O2/c1-4-19-15(18)14-13(11(3)16-17-14)9-12-7-5-10(2)6-8-12/h5-8H,4,9H2,1-3H3,(H,16,17). The minimum absolute atomic E-state index is 0.356. The summed E-state index contributed by atoms with van der Waals surface area (Å²) in [6, 6.07) is 8.26. The second kappa shape index (κ2) is 5.69. The molecule has 0 atom stereocenters. The first-order chi connectivity index (χ1) is 9.11. The van der Waals surface area contributed by atoms with E-state index in [1.807, 2.05) is 6.92 Å². The Bertz CT molecular complexity index is 570. The van der Waals surface area contributed by atoms with Crippen molar-refractivity contribution in [3.8, 4) is 0 Å². The molecule has 1 aromatic heterocycles. The van der Waals surface area contributed by atoms with Crippen LogP contribution in [0.15, 0.2) is 24.3 Å². The average Bonchev–Trinajstić information content (AvgIpc) is 2.74. The van der Waals surface area contributed by atoms with Gasteiger partial charge in [0.05, 0.1) is 6.61 Å². The van der Waals surface area contributed by atoms with Crippen LogP contribution in [0, 0.1) is 13.8 Å². The first-order valence-electron chi connectivity index (χ1n) is 6.38. The van der Waals surface area contributed by atoms with E-state index in [-0.39, 0.29) is 5.97 Å². The fourth-order valence-electron chi connectivity index (χ4n) is 1.95. The van der Waals surface area contributed by atoms with Gasteiger partial charge in [-0.3, -0.25) is 5.10 Å². The Labute approximate surface area is 112 Å². The Morgan fingerprint density at radius 3 is 2.58 bits per heavy atom. The molecule has 2 aromatic rings. The van der Waals surface area contributed by atoms with Crippen molar-refractivity contribution in [2.45, 2.75) is 27.2 Å². The monoisotopic (exact) mass is 258 g/mol. The van der Waals surface area contributed by atoms with E-state index in [1.54, 1.807) is 6.92 Å². The maximum absolute atomic E-state index is 11.8. The van der Waals surface area contributed by atoms with Crippen molar-refractivity contribution in [1.29, 1.82) is 0 Å². The van der Waals surface area contributed by atoms with Crippen LogP contribution in [0.1, 0.15) is 39.8 Å². The molecule has 100 valence electrons. The molecule has 0 aliphatic rings. The Morgan fingerprint density at radius 2 is 1.95 bits per heavy atom. The highest BCUT2D eigenvalue weighted by atomic mass is 16.5. The Hall–Kier alpha value is -2.10. The summed E-state index contributed by atoms with van der Waals surface area (Å²) in [7, 11) is 0. The quantitative estimate of drug-likeness (QED) is 0.858. The summed E-state index contributed by atoms with van der Waals surface area (Å²) in [6.45, 7) is 6.11. The molecular formula is C15H18N2O2. The van der Waals surface area contributed by atoms with Crippen LogP contribution in [0.2, 0.25) is 0 Å². The largest absolute Gasteiger partial charge is 0.461 e. The molecule has 0 amide bonds. The van der Waals surface area contributed by atoms with Gasteiger partial charge in [-0.25, -0.2) is 4.79 Å². The van der Waals surface area contributed by atoms with Gasteiger partial charge in [0, 0.05) is 17.7 Å². The zero-order valence-electron chi connectivity index (χ0n) is 11.5. The SMILES string of the molecule is CCOC(=O)c1n[nH]c(C)c1Cc1ccc(C)cc1. The first-order valence-corrected chi connectivity index (χ1v) is 6.38. The number of ether oxygens (including phenoxy) is 1. The van der Waals surface area contributed by atoms with E-state index in [4.69, 9.17) is 4.74 Å². The lowest BCUT2D eigenvalue weighted by Crippen LogP contribution is -2.08.